The molecular formula is C20H22ClNO3. The predicted octanol–water partition coefficient (Wildman–Crippen LogP) is 4.15. The highest BCUT2D eigenvalue weighted by Crippen LogP contribution is 2.28. The van der Waals surface area contributed by atoms with Gasteiger partial charge in [-0.15, -0.1) is 0 Å². The van der Waals surface area contributed by atoms with Gasteiger partial charge in [0.25, 0.3) is 0 Å². The van der Waals surface area contributed by atoms with Gasteiger partial charge in [0, 0.05) is 29.6 Å². The van der Waals surface area contributed by atoms with Crippen LogP contribution in [-0.2, 0) is 6.54 Å². The molecule has 0 aromatic heterocycles. The Morgan fingerprint density at radius 1 is 1.32 bits per heavy atom. The van der Waals surface area contributed by atoms with Crippen LogP contribution in [0.15, 0.2) is 42.5 Å². The van der Waals surface area contributed by atoms with Crippen LogP contribution in [0.3, 0.4) is 0 Å². The minimum atomic E-state index is -0.0148. The van der Waals surface area contributed by atoms with Crippen LogP contribution in [0.25, 0.3) is 0 Å². The number of ketones is 1. The molecule has 1 atom stereocenters. The summed E-state index contributed by atoms with van der Waals surface area (Å²) >= 11 is 6.01. The van der Waals surface area contributed by atoms with Gasteiger partial charge in [-0.2, -0.15) is 0 Å². The molecule has 4 nitrogen and oxygen atoms in total. The first-order chi connectivity index (χ1) is 12.1. The molecule has 2 aromatic carbocycles. The van der Waals surface area contributed by atoms with Gasteiger partial charge in [-0.3, -0.25) is 9.69 Å². The maximum absolute atomic E-state index is 12.7. The number of hydrogen-bond donors (Lipinski definition) is 1. The Morgan fingerprint density at radius 2 is 2.16 bits per heavy atom. The van der Waals surface area contributed by atoms with Crippen LogP contribution in [0.1, 0.15) is 28.8 Å². The van der Waals surface area contributed by atoms with Crippen molar-refractivity contribution in [2.24, 2.45) is 5.92 Å². The first-order valence-electron chi connectivity index (χ1n) is 8.45. The van der Waals surface area contributed by atoms with Gasteiger partial charge in [0.2, 0.25) is 0 Å². The Bertz CT molecular complexity index is 762. The number of ether oxygens (including phenoxy) is 1. The smallest absolute Gasteiger partial charge is 0.167 e. The molecule has 1 saturated heterocycles. The third-order valence-electron chi connectivity index (χ3n) is 4.63. The molecule has 0 amide bonds. The van der Waals surface area contributed by atoms with Gasteiger partial charge in [-0.1, -0.05) is 29.8 Å². The number of hydrogen-bond acceptors (Lipinski definition) is 4. The second kappa shape index (κ2) is 7.89. The van der Waals surface area contributed by atoms with Gasteiger partial charge in [-0.05, 0) is 49.2 Å². The fraction of sp³-hybridized carbons (Fsp3) is 0.350. The molecule has 1 aliphatic rings. The van der Waals surface area contributed by atoms with Gasteiger partial charge in [-0.25, -0.2) is 0 Å². The summed E-state index contributed by atoms with van der Waals surface area (Å²) in [5.74, 6) is 0.754. The van der Waals surface area contributed by atoms with Crippen molar-refractivity contribution < 1.29 is 14.6 Å². The first-order valence-corrected chi connectivity index (χ1v) is 8.82. The highest BCUT2D eigenvalue weighted by Gasteiger charge is 2.26. The molecular weight excluding hydrogens is 338 g/mol. The fourth-order valence-corrected chi connectivity index (χ4v) is 3.57. The maximum atomic E-state index is 12.7. The number of benzene rings is 2. The number of nitrogens with zero attached hydrogens (tertiary/aromatic N) is 1. The van der Waals surface area contributed by atoms with Crippen LogP contribution in [0.4, 0.5) is 0 Å². The summed E-state index contributed by atoms with van der Waals surface area (Å²) in [6, 6.07) is 12.6. The van der Waals surface area contributed by atoms with Gasteiger partial charge < -0.3 is 9.84 Å². The molecule has 0 bridgehead atoms. The minimum Gasteiger partial charge on any atom is -0.504 e. The van der Waals surface area contributed by atoms with Gasteiger partial charge in [0.15, 0.2) is 17.3 Å². The number of carbonyl (C=O) groups is 1. The second-order valence-corrected chi connectivity index (χ2v) is 6.89. The quantitative estimate of drug-likeness (QED) is 0.815. The number of rotatable bonds is 5. The van der Waals surface area contributed by atoms with E-state index in [0.717, 1.165) is 31.5 Å². The van der Waals surface area contributed by atoms with Crippen molar-refractivity contribution in [3.05, 3.63) is 58.6 Å². The van der Waals surface area contributed by atoms with Crippen molar-refractivity contribution in [2.45, 2.75) is 19.4 Å². The lowest BCUT2D eigenvalue weighted by atomic mass is 9.90. The third-order valence-corrected chi connectivity index (χ3v) is 4.87. The average molecular weight is 360 g/mol. The van der Waals surface area contributed by atoms with E-state index in [2.05, 4.69) is 4.90 Å². The third kappa shape index (κ3) is 4.33. The Morgan fingerprint density at radius 3 is 2.88 bits per heavy atom. The van der Waals surface area contributed by atoms with Crippen molar-refractivity contribution >= 4 is 17.4 Å². The van der Waals surface area contributed by atoms with E-state index in [0.29, 0.717) is 22.9 Å². The van der Waals surface area contributed by atoms with E-state index < -0.39 is 0 Å². The van der Waals surface area contributed by atoms with Gasteiger partial charge in [0.1, 0.15) is 0 Å². The Hall–Kier alpha value is -2.04. The van der Waals surface area contributed by atoms with Crippen LogP contribution in [0.2, 0.25) is 5.02 Å². The highest BCUT2D eigenvalue weighted by molar-refractivity contribution is 6.31. The molecule has 2 aromatic rings. The molecule has 1 heterocycles. The minimum absolute atomic E-state index is 0.0148. The molecule has 5 heteroatoms. The number of halogens is 1. The number of likely N-dealkylation sites (tertiary alicyclic amines) is 1. The summed E-state index contributed by atoms with van der Waals surface area (Å²) < 4.78 is 5.08. The zero-order valence-corrected chi connectivity index (χ0v) is 15.0. The summed E-state index contributed by atoms with van der Waals surface area (Å²) in [4.78, 5) is 15.0. The molecule has 1 fully saturated rings. The van der Waals surface area contributed by atoms with Crippen molar-refractivity contribution in [3.8, 4) is 11.5 Å². The molecule has 132 valence electrons. The monoisotopic (exact) mass is 359 g/mol. The molecule has 1 N–H and O–H groups in total. The van der Waals surface area contributed by atoms with Crippen LogP contribution in [0, 0.1) is 5.92 Å². The number of phenolic OH excluding ortho intramolecular Hbond substituents is 1. The van der Waals surface area contributed by atoms with E-state index in [-0.39, 0.29) is 17.5 Å². The molecule has 25 heavy (non-hydrogen) atoms. The number of aromatic hydroxyl groups is 1. The maximum Gasteiger partial charge on any atom is 0.167 e. The summed E-state index contributed by atoms with van der Waals surface area (Å²) in [7, 11) is 1.53. The largest absolute Gasteiger partial charge is 0.504 e. The SMILES string of the molecule is COc1ccc(CN2CCCC(C(=O)c3cccc(Cl)c3)C2)cc1O. The van der Waals surface area contributed by atoms with Crippen molar-refractivity contribution in [3.63, 3.8) is 0 Å². The van der Waals surface area contributed by atoms with Gasteiger partial charge >= 0.3 is 0 Å². The lowest BCUT2D eigenvalue weighted by molar-refractivity contribution is 0.0811. The van der Waals surface area contributed by atoms with E-state index in [1.54, 1.807) is 24.3 Å². The number of Topliss-reactive ketones (excluding diaryl/α,β-unsaturated/α-hetero) is 1. The lowest BCUT2D eigenvalue weighted by Gasteiger charge is -2.32. The molecule has 0 radical (unpaired) electrons. The Balaban J connectivity index is 1.67. The van der Waals surface area contributed by atoms with E-state index in [1.165, 1.54) is 7.11 Å². The lowest BCUT2D eigenvalue weighted by Crippen LogP contribution is -2.38. The van der Waals surface area contributed by atoms with E-state index >= 15 is 0 Å². The van der Waals surface area contributed by atoms with Crippen LogP contribution < -0.4 is 4.74 Å². The fourth-order valence-electron chi connectivity index (χ4n) is 3.38. The van der Waals surface area contributed by atoms with Crippen molar-refractivity contribution in [1.29, 1.82) is 0 Å². The topological polar surface area (TPSA) is 49.8 Å². The van der Waals surface area contributed by atoms with Crippen molar-refractivity contribution in [1.82, 2.24) is 4.90 Å². The molecule has 0 saturated carbocycles. The number of phenols is 1. The summed E-state index contributed by atoms with van der Waals surface area (Å²) in [5, 5.41) is 10.5. The summed E-state index contributed by atoms with van der Waals surface area (Å²) in [6.07, 6.45) is 1.88. The molecule has 1 unspecified atom stereocenters. The summed E-state index contributed by atoms with van der Waals surface area (Å²) in [6.45, 7) is 2.38. The second-order valence-electron chi connectivity index (χ2n) is 6.46. The standard InChI is InChI=1S/C20H22ClNO3/c1-25-19-8-7-14(10-18(19)23)12-22-9-3-5-16(13-22)20(24)15-4-2-6-17(21)11-15/h2,4,6-8,10-11,16,23H,3,5,9,12-13H2,1H3. The number of methoxy groups -OCH3 is 1. The summed E-state index contributed by atoms with van der Waals surface area (Å²) in [5.41, 5.74) is 1.69. The number of carbonyl (C=O) groups excluding carboxylic acids is 1. The Labute approximate surface area is 153 Å². The van der Waals surface area contributed by atoms with E-state index in [4.69, 9.17) is 16.3 Å². The predicted molar refractivity (Wildman–Crippen MR) is 98.4 cm³/mol. The van der Waals surface area contributed by atoms with E-state index in [9.17, 15) is 9.90 Å². The van der Waals surface area contributed by atoms with Crippen LogP contribution in [-0.4, -0.2) is 36.0 Å². The van der Waals surface area contributed by atoms with Crippen LogP contribution >= 0.6 is 11.6 Å². The zero-order valence-electron chi connectivity index (χ0n) is 14.2. The molecule has 3 rings (SSSR count). The number of piperidine rings is 1. The zero-order chi connectivity index (χ0) is 17.8. The van der Waals surface area contributed by atoms with Crippen LogP contribution in [0.5, 0.6) is 11.5 Å². The van der Waals surface area contributed by atoms with Gasteiger partial charge in [0.05, 0.1) is 7.11 Å². The molecule has 1 aliphatic heterocycles. The average Bonchev–Trinajstić information content (AvgIpc) is 2.61. The Kier molecular flexibility index (Phi) is 5.61. The molecule has 0 aliphatic carbocycles. The first kappa shape index (κ1) is 17.8. The highest BCUT2D eigenvalue weighted by atomic mass is 35.5. The molecule has 0 spiro atoms. The normalized spacial score (nSPS) is 18.1. The van der Waals surface area contributed by atoms with E-state index in [1.807, 2.05) is 18.2 Å². The van der Waals surface area contributed by atoms with Crippen molar-refractivity contribution in [2.75, 3.05) is 20.2 Å².